The van der Waals surface area contributed by atoms with Gasteiger partial charge in [0, 0.05) is 0 Å². The molecule has 3 rings (SSSR count). The van der Waals surface area contributed by atoms with Crippen LogP contribution in [-0.4, -0.2) is 17.3 Å². The van der Waals surface area contributed by atoms with Crippen molar-refractivity contribution in [3.05, 3.63) is 62.8 Å². The molecule has 0 spiro atoms. The molecule has 0 heterocycles. The van der Waals surface area contributed by atoms with Crippen LogP contribution in [0.3, 0.4) is 0 Å². The van der Waals surface area contributed by atoms with Gasteiger partial charge in [-0.25, -0.2) is 0 Å². The first-order valence-electron chi connectivity index (χ1n) is 8.41. The second kappa shape index (κ2) is 8.95. The predicted octanol–water partition coefficient (Wildman–Crippen LogP) is -3.24. The van der Waals surface area contributed by atoms with Crippen LogP contribution in [0.2, 0.25) is 0 Å². The van der Waals surface area contributed by atoms with Gasteiger partial charge < -0.3 is 24.8 Å². The zero-order valence-corrected chi connectivity index (χ0v) is 18.7. The van der Waals surface area contributed by atoms with Crippen molar-refractivity contribution in [3.8, 4) is 0 Å². The molecule has 0 radical (unpaired) electrons. The Balaban J connectivity index is 0.00000169. The first kappa shape index (κ1) is 23.3. The third kappa shape index (κ3) is 4.38. The second-order valence-corrected chi connectivity index (χ2v) is 8.24. The minimum absolute atomic E-state index is 0. The molecule has 1 aliphatic carbocycles. The molecule has 0 atom stereocenters. The van der Waals surface area contributed by atoms with Gasteiger partial charge in [-0.15, -0.1) is 0 Å². The molecule has 2 aromatic carbocycles. The van der Waals surface area contributed by atoms with Crippen molar-refractivity contribution in [1.82, 2.24) is 0 Å². The molecule has 0 amide bonds. The van der Waals surface area contributed by atoms with Gasteiger partial charge in [0.2, 0.25) is 0 Å². The molecule has 0 aromatic heterocycles. The molecule has 2 nitrogen and oxygen atoms in total. The Morgan fingerprint density at radius 3 is 2.19 bits per heavy atom. The third-order valence-corrected chi connectivity index (χ3v) is 5.20. The summed E-state index contributed by atoms with van der Waals surface area (Å²) in [6.07, 6.45) is 0.698. The number of rotatable bonds is 3. The van der Waals surface area contributed by atoms with Crippen molar-refractivity contribution in [2.24, 2.45) is 0 Å². The van der Waals surface area contributed by atoms with E-state index in [1.807, 2.05) is 0 Å². The van der Waals surface area contributed by atoms with E-state index in [-0.39, 0.29) is 37.0 Å². The summed E-state index contributed by atoms with van der Waals surface area (Å²) in [5.74, 6) is 0. The summed E-state index contributed by atoms with van der Waals surface area (Å²) in [5.41, 5.74) is 3.69. The average Bonchev–Trinajstić information content (AvgIpc) is 2.80. The van der Waals surface area contributed by atoms with Gasteiger partial charge in [-0.05, 0) is 0 Å². The largest absolute Gasteiger partial charge is 1.00 e. The van der Waals surface area contributed by atoms with Crippen LogP contribution < -0.4 is 40.6 Å². The summed E-state index contributed by atoms with van der Waals surface area (Å²) >= 11 is 2.21. The molecule has 0 bridgehead atoms. The molecule has 137 valence electrons. The molecule has 1 aliphatic rings. The first-order valence-corrected chi connectivity index (χ1v) is 9.19. The first-order chi connectivity index (χ1) is 11.3. The molecular weight excluding hydrogens is 401 g/mol. The van der Waals surface area contributed by atoms with Gasteiger partial charge in [0.05, 0.1) is 0 Å². The Kier molecular flexibility index (Phi) is 8.01. The van der Waals surface area contributed by atoms with Gasteiger partial charge in [0.1, 0.15) is 0 Å². The van der Waals surface area contributed by atoms with E-state index >= 15 is 0 Å². The molecule has 0 saturated heterocycles. The van der Waals surface area contributed by atoms with E-state index in [4.69, 9.17) is 0 Å². The number of fused-ring (bicyclic) bond motifs is 2. The van der Waals surface area contributed by atoms with Crippen molar-refractivity contribution < 1.29 is 50.4 Å². The zero-order valence-electron chi connectivity index (χ0n) is 15.6. The minimum atomic E-state index is -0.0293. The normalized spacial score (nSPS) is 13.3. The van der Waals surface area contributed by atoms with Gasteiger partial charge in [-0.1, -0.05) is 0 Å². The van der Waals surface area contributed by atoms with Crippen molar-refractivity contribution in [2.45, 2.75) is 39.7 Å². The van der Waals surface area contributed by atoms with E-state index in [0.29, 0.717) is 6.42 Å². The van der Waals surface area contributed by atoms with E-state index in [1.54, 1.807) is 0 Å². The number of anilines is 1. The number of hydrogen-bond acceptors (Lipinski definition) is 2. The Morgan fingerprint density at radius 1 is 1.00 bits per heavy atom. The molecule has 5 heteroatoms. The Morgan fingerprint density at radius 2 is 1.62 bits per heavy atom. The minimum Gasteiger partial charge on any atom is -1.00 e. The van der Waals surface area contributed by atoms with Crippen molar-refractivity contribution >= 4 is 15.1 Å². The van der Waals surface area contributed by atoms with Gasteiger partial charge in [-0.3, -0.25) is 0 Å². The summed E-state index contributed by atoms with van der Waals surface area (Å²) in [7, 11) is 0. The Labute approximate surface area is 179 Å². The zero-order chi connectivity index (χ0) is 17.5. The molecule has 2 N–H and O–H groups in total. The smallest absolute Gasteiger partial charge is 1.00 e. The molecule has 0 unspecified atom stereocenters. The fourth-order valence-corrected chi connectivity index (χ4v) is 4.07. The predicted molar refractivity (Wildman–Crippen MR) is 96.5 cm³/mol. The van der Waals surface area contributed by atoms with Crippen LogP contribution >= 0.6 is 0 Å². The van der Waals surface area contributed by atoms with Crippen LogP contribution in [0.5, 0.6) is 0 Å². The Bertz CT molecular complexity index is 1010. The maximum absolute atomic E-state index is 9.36. The quantitative estimate of drug-likeness (QED) is 0.507. The molecule has 0 aliphatic heterocycles. The van der Waals surface area contributed by atoms with Gasteiger partial charge >= 0.3 is 155 Å². The van der Waals surface area contributed by atoms with E-state index in [1.165, 1.54) is 41.6 Å². The van der Waals surface area contributed by atoms with E-state index < -0.39 is 0 Å². The summed E-state index contributed by atoms with van der Waals surface area (Å²) in [6, 6.07) is 13.1. The van der Waals surface area contributed by atoms with Crippen LogP contribution in [0.1, 0.15) is 39.7 Å². The SMILES string of the molecule is CC(CCO)=c1ccc2c(c1NC(C)(C)C)[C]([Ti+2])=c1ccccc1=2.[Cl-].[Cl-]. The number of aliphatic hydroxyl groups excluding tert-OH is 1. The number of benzene rings is 2. The van der Waals surface area contributed by atoms with Gasteiger partial charge in [0.25, 0.3) is 0 Å². The molecule has 0 saturated carbocycles. The van der Waals surface area contributed by atoms with Crippen LogP contribution in [-0.2, 0) is 20.4 Å². The monoisotopic (exact) mass is 424 g/mol. The topological polar surface area (TPSA) is 32.3 Å². The fraction of sp³-hybridized carbons (Fsp3) is 0.333. The maximum Gasteiger partial charge on any atom is -1.00 e. The summed E-state index contributed by atoms with van der Waals surface area (Å²) in [4.78, 5) is 0. The summed E-state index contributed by atoms with van der Waals surface area (Å²) in [6.45, 7) is 8.86. The fourth-order valence-electron chi connectivity index (χ4n) is 3.32. The average molecular weight is 425 g/mol. The molecular formula is C21H24Cl2NOTi. The van der Waals surface area contributed by atoms with Gasteiger partial charge in [0.15, 0.2) is 0 Å². The molecule has 2 aromatic rings. The van der Waals surface area contributed by atoms with Crippen LogP contribution in [0.25, 0.3) is 9.45 Å². The number of aliphatic hydroxyl groups is 1. The number of nitrogens with one attached hydrogen (secondary N) is 1. The van der Waals surface area contributed by atoms with Crippen molar-refractivity contribution in [3.63, 3.8) is 0 Å². The summed E-state index contributed by atoms with van der Waals surface area (Å²) < 4.78 is 1.32. The standard InChI is InChI=1S/C21H24NO.2ClH.Ti/c1-14(11-12-23)16-9-10-18-17-8-6-5-7-15(17)13-19(18)20(16)22-21(2,3)4;;;/h5-10,22-23H,11-12H2,1-4H3;2*1H;/q;;;+2/p-2. The van der Waals surface area contributed by atoms with E-state index in [9.17, 15) is 5.11 Å². The molecule has 26 heavy (non-hydrogen) atoms. The van der Waals surface area contributed by atoms with Crippen LogP contribution in [0, 0.1) is 10.4 Å². The maximum atomic E-state index is 9.36. The second-order valence-electron chi connectivity index (χ2n) is 7.46. The van der Waals surface area contributed by atoms with Crippen molar-refractivity contribution in [1.29, 1.82) is 0 Å². The molecule has 0 fully saturated rings. The van der Waals surface area contributed by atoms with Crippen molar-refractivity contribution in [2.75, 3.05) is 11.9 Å². The number of hydrogen-bond donors (Lipinski definition) is 2. The Hall–Kier alpha value is -0.766. The van der Waals surface area contributed by atoms with Crippen LogP contribution in [0.15, 0.2) is 36.4 Å². The summed E-state index contributed by atoms with van der Waals surface area (Å²) in [5, 5.41) is 18.2. The van der Waals surface area contributed by atoms with E-state index in [0.717, 1.165) is 0 Å². The van der Waals surface area contributed by atoms with Crippen LogP contribution in [0.4, 0.5) is 5.69 Å². The third-order valence-electron chi connectivity index (χ3n) is 4.39. The van der Waals surface area contributed by atoms with Gasteiger partial charge in [-0.2, -0.15) is 0 Å². The number of halogens is 2. The van der Waals surface area contributed by atoms with E-state index in [2.05, 4.69) is 89.8 Å².